The Hall–Kier alpha value is -2.35. The Morgan fingerprint density at radius 3 is 3.00 bits per heavy atom. The van der Waals surface area contributed by atoms with E-state index in [-0.39, 0.29) is 18.1 Å². The van der Waals surface area contributed by atoms with Crippen LogP contribution in [0.3, 0.4) is 0 Å². The fraction of sp³-hybridized carbons (Fsp3) is 0.611. The first-order chi connectivity index (χ1) is 12.7. The minimum absolute atomic E-state index is 0.129. The maximum atomic E-state index is 12.7. The van der Waals surface area contributed by atoms with Crippen LogP contribution >= 0.6 is 0 Å². The Labute approximate surface area is 152 Å². The molecule has 0 aromatic carbocycles. The van der Waals surface area contributed by atoms with Crippen LogP contribution in [-0.2, 0) is 17.8 Å². The number of hydrogen-bond donors (Lipinski definition) is 1. The van der Waals surface area contributed by atoms with Crippen LogP contribution in [0.1, 0.15) is 36.7 Å². The topological polar surface area (TPSA) is 83.2 Å². The number of carbonyl (C=O) groups excluding carboxylic acids is 1. The summed E-state index contributed by atoms with van der Waals surface area (Å²) in [7, 11) is 0. The highest BCUT2D eigenvalue weighted by Crippen LogP contribution is 2.28. The molecule has 2 aromatic heterocycles. The lowest BCUT2D eigenvalue weighted by molar-refractivity contribution is 0.0890. The molecule has 0 unspecified atom stereocenters. The van der Waals surface area contributed by atoms with E-state index >= 15 is 0 Å². The molecule has 1 N–H and O–H groups in total. The van der Waals surface area contributed by atoms with Crippen LogP contribution in [0.5, 0.6) is 5.75 Å². The largest absolute Gasteiger partial charge is 0.482 e. The van der Waals surface area contributed by atoms with E-state index in [4.69, 9.17) is 9.47 Å². The predicted octanol–water partition coefficient (Wildman–Crippen LogP) is 1.48. The van der Waals surface area contributed by atoms with Gasteiger partial charge in [0.1, 0.15) is 11.8 Å². The van der Waals surface area contributed by atoms with E-state index in [1.807, 2.05) is 17.8 Å². The molecule has 4 rings (SSSR count). The number of nitrogens with one attached hydrogen (secondary N) is 1. The maximum Gasteiger partial charge on any atom is 0.269 e. The lowest BCUT2D eigenvalue weighted by Gasteiger charge is -2.26. The van der Waals surface area contributed by atoms with E-state index in [1.165, 1.54) is 19.3 Å². The minimum atomic E-state index is -0.226. The molecule has 1 saturated carbocycles. The summed E-state index contributed by atoms with van der Waals surface area (Å²) in [6.45, 7) is 4.51. The second kappa shape index (κ2) is 7.49. The van der Waals surface area contributed by atoms with Crippen molar-refractivity contribution < 1.29 is 14.3 Å². The van der Waals surface area contributed by atoms with E-state index in [2.05, 4.69) is 15.5 Å². The summed E-state index contributed by atoms with van der Waals surface area (Å²) in [5.41, 5.74) is 0.598. The van der Waals surface area contributed by atoms with Gasteiger partial charge in [-0.3, -0.25) is 14.2 Å². The van der Waals surface area contributed by atoms with E-state index in [0.29, 0.717) is 30.6 Å². The van der Waals surface area contributed by atoms with Crippen molar-refractivity contribution in [3.8, 4) is 5.75 Å². The Morgan fingerprint density at radius 2 is 2.27 bits per heavy atom. The maximum absolute atomic E-state index is 12.7. The van der Waals surface area contributed by atoms with Crippen LogP contribution in [0.2, 0.25) is 0 Å². The van der Waals surface area contributed by atoms with Crippen molar-refractivity contribution in [3.05, 3.63) is 30.4 Å². The molecule has 2 atom stereocenters. The second-order valence-electron chi connectivity index (χ2n) is 7.00. The van der Waals surface area contributed by atoms with Crippen molar-refractivity contribution in [2.24, 2.45) is 5.92 Å². The summed E-state index contributed by atoms with van der Waals surface area (Å²) in [6, 6.07) is 1.57. The Morgan fingerprint density at radius 1 is 1.38 bits per heavy atom. The molecule has 140 valence electrons. The zero-order valence-corrected chi connectivity index (χ0v) is 15.0. The molecule has 1 amide bonds. The normalized spacial score (nSPS) is 23.0. The van der Waals surface area contributed by atoms with Gasteiger partial charge >= 0.3 is 0 Å². The number of aryl methyl sites for hydroxylation is 1. The van der Waals surface area contributed by atoms with Gasteiger partial charge in [-0.25, -0.2) is 0 Å². The molecular weight excluding hydrogens is 334 g/mol. The SMILES string of the molecule is CCn1cc(O[C@@H]2COC[C@@H]2NC(=O)c2ccnn2CC2CCC2)cn1. The van der Waals surface area contributed by atoms with Crippen molar-refractivity contribution in [1.82, 2.24) is 24.9 Å². The predicted molar refractivity (Wildman–Crippen MR) is 94.0 cm³/mol. The van der Waals surface area contributed by atoms with Crippen molar-refractivity contribution in [2.45, 2.75) is 51.4 Å². The van der Waals surface area contributed by atoms with Gasteiger partial charge in [0.15, 0.2) is 5.75 Å². The first kappa shape index (κ1) is 17.1. The van der Waals surface area contributed by atoms with Gasteiger partial charge in [0, 0.05) is 19.3 Å². The molecule has 2 aliphatic rings. The quantitative estimate of drug-likeness (QED) is 0.809. The average Bonchev–Trinajstić information content (AvgIpc) is 3.33. The van der Waals surface area contributed by atoms with E-state index < -0.39 is 0 Å². The van der Waals surface area contributed by atoms with Crippen LogP contribution in [0.25, 0.3) is 0 Å². The van der Waals surface area contributed by atoms with Gasteiger partial charge in [0.05, 0.1) is 31.6 Å². The number of carbonyl (C=O) groups is 1. The number of ether oxygens (including phenoxy) is 2. The summed E-state index contributed by atoms with van der Waals surface area (Å²) in [5.74, 6) is 1.20. The lowest BCUT2D eigenvalue weighted by Crippen LogP contribution is -2.45. The molecule has 2 aromatic rings. The van der Waals surface area contributed by atoms with E-state index in [9.17, 15) is 4.79 Å². The van der Waals surface area contributed by atoms with Crippen LogP contribution in [0, 0.1) is 5.92 Å². The van der Waals surface area contributed by atoms with Crippen molar-refractivity contribution in [2.75, 3.05) is 13.2 Å². The van der Waals surface area contributed by atoms with Crippen LogP contribution in [-0.4, -0.2) is 50.8 Å². The molecule has 1 saturated heterocycles. The summed E-state index contributed by atoms with van der Waals surface area (Å²) in [6.07, 6.45) is 8.72. The fourth-order valence-corrected chi connectivity index (χ4v) is 3.37. The molecular formula is C18H25N5O3. The summed E-state index contributed by atoms with van der Waals surface area (Å²) in [5, 5.41) is 11.6. The number of amides is 1. The molecule has 1 aliphatic heterocycles. The number of hydrogen-bond acceptors (Lipinski definition) is 5. The zero-order valence-electron chi connectivity index (χ0n) is 15.0. The highest BCUT2D eigenvalue weighted by Gasteiger charge is 2.33. The number of rotatable bonds is 7. The summed E-state index contributed by atoms with van der Waals surface area (Å²) < 4.78 is 15.1. The molecule has 0 bridgehead atoms. The van der Waals surface area contributed by atoms with Gasteiger partial charge in [-0.05, 0) is 31.7 Å². The molecule has 1 aliphatic carbocycles. The fourth-order valence-electron chi connectivity index (χ4n) is 3.37. The molecule has 0 radical (unpaired) electrons. The van der Waals surface area contributed by atoms with Gasteiger partial charge in [-0.15, -0.1) is 0 Å². The molecule has 8 nitrogen and oxygen atoms in total. The molecule has 0 spiro atoms. The Kier molecular flexibility index (Phi) is 4.92. The third-order valence-electron chi connectivity index (χ3n) is 5.17. The monoisotopic (exact) mass is 359 g/mol. The first-order valence-electron chi connectivity index (χ1n) is 9.32. The van der Waals surface area contributed by atoms with Crippen molar-refractivity contribution in [1.29, 1.82) is 0 Å². The third kappa shape index (κ3) is 3.60. The van der Waals surface area contributed by atoms with Crippen molar-refractivity contribution >= 4 is 5.91 Å². The van der Waals surface area contributed by atoms with E-state index in [1.54, 1.807) is 23.1 Å². The molecule has 2 fully saturated rings. The van der Waals surface area contributed by atoms with Gasteiger partial charge in [0.25, 0.3) is 5.91 Å². The van der Waals surface area contributed by atoms with Crippen LogP contribution in [0.15, 0.2) is 24.7 Å². The van der Waals surface area contributed by atoms with Crippen molar-refractivity contribution in [3.63, 3.8) is 0 Å². The average molecular weight is 359 g/mol. The molecule has 26 heavy (non-hydrogen) atoms. The lowest BCUT2D eigenvalue weighted by atomic mass is 9.85. The standard InChI is InChI=1S/C18H25N5O3/c1-2-22-10-14(8-20-22)26-17-12-25-11-15(17)21-18(24)16-6-7-19-23(16)9-13-4-3-5-13/h6-8,10,13,15,17H,2-5,9,11-12H2,1H3,(H,21,24)/t15-,17+/m0/s1. The molecule has 3 heterocycles. The summed E-state index contributed by atoms with van der Waals surface area (Å²) >= 11 is 0. The van der Waals surface area contributed by atoms with E-state index in [0.717, 1.165) is 13.1 Å². The van der Waals surface area contributed by atoms with Gasteiger partial charge in [-0.1, -0.05) is 6.42 Å². The zero-order chi connectivity index (χ0) is 17.9. The first-order valence-corrected chi connectivity index (χ1v) is 9.32. The third-order valence-corrected chi connectivity index (χ3v) is 5.17. The molecule has 8 heteroatoms. The van der Waals surface area contributed by atoms with Crippen LogP contribution < -0.4 is 10.1 Å². The highest BCUT2D eigenvalue weighted by atomic mass is 16.5. The summed E-state index contributed by atoms with van der Waals surface area (Å²) in [4.78, 5) is 12.7. The van der Waals surface area contributed by atoms with Gasteiger partial charge < -0.3 is 14.8 Å². The van der Waals surface area contributed by atoms with Gasteiger partial charge in [-0.2, -0.15) is 10.2 Å². The highest BCUT2D eigenvalue weighted by molar-refractivity contribution is 5.92. The van der Waals surface area contributed by atoms with Crippen LogP contribution in [0.4, 0.5) is 0 Å². The smallest absolute Gasteiger partial charge is 0.269 e. The number of nitrogens with zero attached hydrogens (tertiary/aromatic N) is 4. The second-order valence-corrected chi connectivity index (χ2v) is 7.00. The Balaban J connectivity index is 1.37. The number of aromatic nitrogens is 4. The Bertz CT molecular complexity index is 752. The minimum Gasteiger partial charge on any atom is -0.482 e. The van der Waals surface area contributed by atoms with Gasteiger partial charge in [0.2, 0.25) is 0 Å².